The summed E-state index contributed by atoms with van der Waals surface area (Å²) in [4.78, 5) is 17.8. The fraction of sp³-hybridized carbons (Fsp3) is 0.733. The summed E-state index contributed by atoms with van der Waals surface area (Å²) in [6.07, 6.45) is 6.50. The van der Waals surface area contributed by atoms with Crippen LogP contribution in [0.1, 0.15) is 58.6 Å². The molecule has 1 N–H and O–H groups in total. The molecular weight excluding hydrogens is 270 g/mol. The summed E-state index contributed by atoms with van der Waals surface area (Å²) in [6, 6.07) is 0. The number of nitrogens with one attached hydrogen (secondary N) is 1. The molecule has 0 radical (unpaired) electrons. The van der Waals surface area contributed by atoms with Crippen LogP contribution in [0.2, 0.25) is 0 Å². The van der Waals surface area contributed by atoms with Gasteiger partial charge < -0.3 is 5.32 Å². The minimum absolute atomic E-state index is 0.0561. The molecular formula is C15H25N3OS. The van der Waals surface area contributed by atoms with Gasteiger partial charge in [0.2, 0.25) is 5.91 Å². The molecule has 5 heteroatoms. The molecule has 0 bridgehead atoms. The topological polar surface area (TPSA) is 45.2 Å². The lowest BCUT2D eigenvalue weighted by Gasteiger charge is -2.34. The molecule has 0 aromatic carbocycles. The molecule has 0 saturated heterocycles. The number of hydrogen-bond donors (Lipinski definition) is 1. The molecule has 1 aliphatic rings. The van der Waals surface area contributed by atoms with Crippen LogP contribution in [0.4, 0.5) is 5.13 Å². The second kappa shape index (κ2) is 6.68. The molecule has 112 valence electrons. The van der Waals surface area contributed by atoms with E-state index in [9.17, 15) is 4.79 Å². The standard InChI is InChI=1S/C15H25N3OS/c1-4-18(12(2)19)14-17-13(11-20-14)10-16-15(3)8-6-5-7-9-15/h11,16H,4-10H2,1-3H3. The van der Waals surface area contributed by atoms with Gasteiger partial charge >= 0.3 is 0 Å². The van der Waals surface area contributed by atoms with Crippen LogP contribution in [-0.4, -0.2) is 23.0 Å². The molecule has 1 amide bonds. The first kappa shape index (κ1) is 15.4. The summed E-state index contributed by atoms with van der Waals surface area (Å²) in [7, 11) is 0. The first-order chi connectivity index (χ1) is 9.54. The normalized spacial score (nSPS) is 17.9. The molecule has 1 aliphatic carbocycles. The zero-order valence-corrected chi connectivity index (χ0v) is 13.6. The second-order valence-corrected chi connectivity index (χ2v) is 6.70. The summed E-state index contributed by atoms with van der Waals surface area (Å²) in [6.45, 7) is 7.35. The smallest absolute Gasteiger partial charge is 0.225 e. The van der Waals surface area contributed by atoms with Gasteiger partial charge in [0.05, 0.1) is 5.69 Å². The van der Waals surface area contributed by atoms with E-state index in [4.69, 9.17) is 0 Å². The molecule has 1 aromatic rings. The van der Waals surface area contributed by atoms with Crippen molar-refractivity contribution >= 4 is 22.4 Å². The molecule has 2 rings (SSSR count). The van der Waals surface area contributed by atoms with Crippen molar-refractivity contribution in [1.29, 1.82) is 0 Å². The van der Waals surface area contributed by atoms with Gasteiger partial charge in [-0.05, 0) is 26.7 Å². The van der Waals surface area contributed by atoms with Crippen LogP contribution in [-0.2, 0) is 11.3 Å². The van der Waals surface area contributed by atoms with Gasteiger partial charge in [-0.25, -0.2) is 4.98 Å². The Morgan fingerprint density at radius 2 is 2.15 bits per heavy atom. The molecule has 1 saturated carbocycles. The molecule has 20 heavy (non-hydrogen) atoms. The van der Waals surface area contributed by atoms with Crippen molar-refractivity contribution in [2.75, 3.05) is 11.4 Å². The quantitative estimate of drug-likeness (QED) is 0.906. The Balaban J connectivity index is 1.94. The van der Waals surface area contributed by atoms with E-state index in [1.807, 2.05) is 6.92 Å². The number of amides is 1. The third kappa shape index (κ3) is 3.79. The van der Waals surface area contributed by atoms with E-state index in [0.717, 1.165) is 17.4 Å². The lowest BCUT2D eigenvalue weighted by Crippen LogP contribution is -2.43. The summed E-state index contributed by atoms with van der Waals surface area (Å²) < 4.78 is 0. The van der Waals surface area contributed by atoms with Gasteiger partial charge in [-0.3, -0.25) is 9.69 Å². The number of carbonyl (C=O) groups excluding carboxylic acids is 1. The van der Waals surface area contributed by atoms with Gasteiger partial charge in [0.15, 0.2) is 5.13 Å². The molecule has 4 nitrogen and oxygen atoms in total. The van der Waals surface area contributed by atoms with Gasteiger partial charge in [-0.2, -0.15) is 0 Å². The minimum atomic E-state index is 0.0561. The number of rotatable bonds is 5. The van der Waals surface area contributed by atoms with Crippen LogP contribution in [0.25, 0.3) is 0 Å². The van der Waals surface area contributed by atoms with Crippen molar-refractivity contribution in [1.82, 2.24) is 10.3 Å². The van der Waals surface area contributed by atoms with Gasteiger partial charge in [0.25, 0.3) is 0 Å². The maximum absolute atomic E-state index is 11.5. The van der Waals surface area contributed by atoms with Gasteiger partial charge in [-0.15, -0.1) is 11.3 Å². The van der Waals surface area contributed by atoms with E-state index in [1.165, 1.54) is 32.1 Å². The molecule has 0 unspecified atom stereocenters. The van der Waals surface area contributed by atoms with Crippen LogP contribution in [0.15, 0.2) is 5.38 Å². The van der Waals surface area contributed by atoms with Crippen LogP contribution in [0.5, 0.6) is 0 Å². The van der Waals surface area contributed by atoms with Crippen LogP contribution >= 0.6 is 11.3 Å². The lowest BCUT2D eigenvalue weighted by atomic mass is 9.83. The Hall–Kier alpha value is -0.940. The predicted octanol–water partition coefficient (Wildman–Crippen LogP) is 3.33. The van der Waals surface area contributed by atoms with Crippen LogP contribution in [0, 0.1) is 0 Å². The van der Waals surface area contributed by atoms with Gasteiger partial charge in [0, 0.05) is 30.9 Å². The summed E-state index contributed by atoms with van der Waals surface area (Å²) in [5.74, 6) is 0.0561. The Morgan fingerprint density at radius 3 is 2.75 bits per heavy atom. The number of hydrogen-bond acceptors (Lipinski definition) is 4. The minimum Gasteiger partial charge on any atom is -0.306 e. The second-order valence-electron chi connectivity index (χ2n) is 5.86. The van der Waals surface area contributed by atoms with Crippen molar-refractivity contribution in [3.8, 4) is 0 Å². The first-order valence-electron chi connectivity index (χ1n) is 7.51. The zero-order chi connectivity index (χ0) is 14.6. The van der Waals surface area contributed by atoms with Crippen molar-refractivity contribution < 1.29 is 4.79 Å². The molecule has 1 heterocycles. The van der Waals surface area contributed by atoms with E-state index in [-0.39, 0.29) is 11.4 Å². The molecule has 0 spiro atoms. The van der Waals surface area contributed by atoms with E-state index >= 15 is 0 Å². The lowest BCUT2D eigenvalue weighted by molar-refractivity contribution is -0.116. The highest BCUT2D eigenvalue weighted by Gasteiger charge is 2.26. The number of carbonyl (C=O) groups is 1. The van der Waals surface area contributed by atoms with Gasteiger partial charge in [-0.1, -0.05) is 19.3 Å². The third-order valence-corrected chi connectivity index (χ3v) is 5.03. The zero-order valence-electron chi connectivity index (χ0n) is 12.7. The molecule has 0 atom stereocenters. The number of anilines is 1. The highest BCUT2D eigenvalue weighted by atomic mass is 32.1. The average Bonchev–Trinajstić information content (AvgIpc) is 2.86. The van der Waals surface area contributed by atoms with Crippen LogP contribution < -0.4 is 10.2 Å². The van der Waals surface area contributed by atoms with E-state index in [0.29, 0.717) is 6.54 Å². The Morgan fingerprint density at radius 1 is 1.45 bits per heavy atom. The summed E-state index contributed by atoms with van der Waals surface area (Å²) >= 11 is 1.55. The van der Waals surface area contributed by atoms with Crippen molar-refractivity contribution in [3.05, 3.63) is 11.1 Å². The maximum Gasteiger partial charge on any atom is 0.225 e. The summed E-state index contributed by atoms with van der Waals surface area (Å²) in [5.41, 5.74) is 1.30. The number of nitrogens with zero attached hydrogens (tertiary/aromatic N) is 2. The fourth-order valence-corrected chi connectivity index (χ4v) is 3.74. The monoisotopic (exact) mass is 295 g/mol. The van der Waals surface area contributed by atoms with E-state index in [2.05, 4.69) is 22.6 Å². The first-order valence-corrected chi connectivity index (χ1v) is 8.39. The number of aromatic nitrogens is 1. The Kier molecular flexibility index (Phi) is 5.16. The maximum atomic E-state index is 11.5. The van der Waals surface area contributed by atoms with Crippen LogP contribution in [0.3, 0.4) is 0 Å². The Bertz CT molecular complexity index is 452. The predicted molar refractivity (Wildman–Crippen MR) is 84.1 cm³/mol. The molecule has 1 aromatic heterocycles. The van der Waals surface area contributed by atoms with E-state index < -0.39 is 0 Å². The highest BCUT2D eigenvalue weighted by Crippen LogP contribution is 2.28. The van der Waals surface area contributed by atoms with Crippen molar-refractivity contribution in [2.45, 2.75) is 65.0 Å². The van der Waals surface area contributed by atoms with Crippen molar-refractivity contribution in [3.63, 3.8) is 0 Å². The van der Waals surface area contributed by atoms with E-state index in [1.54, 1.807) is 23.2 Å². The summed E-state index contributed by atoms with van der Waals surface area (Å²) in [5, 5.41) is 6.52. The highest BCUT2D eigenvalue weighted by molar-refractivity contribution is 7.14. The Labute approximate surface area is 125 Å². The number of thiazole rings is 1. The molecule has 0 aliphatic heterocycles. The largest absolute Gasteiger partial charge is 0.306 e. The SMILES string of the molecule is CCN(C(C)=O)c1nc(CNC2(C)CCCCC2)cs1. The van der Waals surface area contributed by atoms with Gasteiger partial charge in [0.1, 0.15) is 0 Å². The third-order valence-electron chi connectivity index (χ3n) is 4.12. The molecule has 1 fully saturated rings. The fourth-order valence-electron chi connectivity index (χ4n) is 2.81. The van der Waals surface area contributed by atoms with Crippen molar-refractivity contribution in [2.24, 2.45) is 0 Å². The average molecular weight is 295 g/mol.